The third kappa shape index (κ3) is 4.93. The molecule has 4 aromatic rings. The number of ether oxygens (including phenoxy) is 1. The van der Waals surface area contributed by atoms with Gasteiger partial charge in [-0.3, -0.25) is 4.98 Å². The highest BCUT2D eigenvalue weighted by Crippen LogP contribution is 2.41. The maximum Gasteiger partial charge on any atom is 0.433 e. The van der Waals surface area contributed by atoms with Crippen molar-refractivity contribution in [3.63, 3.8) is 0 Å². The van der Waals surface area contributed by atoms with Gasteiger partial charge in [0.1, 0.15) is 5.75 Å². The van der Waals surface area contributed by atoms with Crippen molar-refractivity contribution in [2.45, 2.75) is 32.1 Å². The molecule has 0 N–H and O–H groups in total. The van der Waals surface area contributed by atoms with Gasteiger partial charge in [0.25, 0.3) is 6.36 Å². The third-order valence-electron chi connectivity index (χ3n) is 4.99. The summed E-state index contributed by atoms with van der Waals surface area (Å²) < 4.78 is 125. The SMILES string of the molecule is Cc1cc(-c2cnn3c(C(F)(F)F)cc(-c4ccc(OC(F)C(F)F)c(C(F)(F)F)c4)nc23)ccn1. The molecular weight excluding hydrogens is 507 g/mol. The van der Waals surface area contributed by atoms with Gasteiger partial charge in [-0.1, -0.05) is 0 Å². The number of nitrogens with zero attached hydrogens (tertiary/aromatic N) is 4. The molecule has 0 fully saturated rings. The van der Waals surface area contributed by atoms with Crippen molar-refractivity contribution in [3.8, 4) is 28.1 Å². The number of benzene rings is 1. The molecule has 5 nitrogen and oxygen atoms in total. The predicted octanol–water partition coefficient (Wildman–Crippen LogP) is 6.74. The number of halogens is 9. The molecule has 0 bridgehead atoms. The van der Waals surface area contributed by atoms with E-state index >= 15 is 0 Å². The minimum atomic E-state index is -5.21. The fraction of sp³-hybridized carbons (Fsp3) is 0.227. The summed E-state index contributed by atoms with van der Waals surface area (Å²) in [7, 11) is 0. The Balaban J connectivity index is 1.93. The molecule has 14 heteroatoms. The van der Waals surface area contributed by atoms with Gasteiger partial charge in [0, 0.05) is 23.0 Å². The van der Waals surface area contributed by atoms with E-state index in [2.05, 4.69) is 19.8 Å². The summed E-state index contributed by atoms with van der Waals surface area (Å²) in [5.41, 5.74) is -3.16. The van der Waals surface area contributed by atoms with Crippen molar-refractivity contribution < 1.29 is 44.3 Å². The van der Waals surface area contributed by atoms with Crippen LogP contribution in [0.2, 0.25) is 0 Å². The van der Waals surface area contributed by atoms with Crippen LogP contribution in [0.25, 0.3) is 28.0 Å². The lowest BCUT2D eigenvalue weighted by atomic mass is 10.0. The second-order valence-electron chi connectivity index (χ2n) is 7.52. The van der Waals surface area contributed by atoms with E-state index in [-0.39, 0.29) is 11.2 Å². The van der Waals surface area contributed by atoms with Crippen molar-refractivity contribution in [2.75, 3.05) is 0 Å². The van der Waals surface area contributed by atoms with E-state index in [0.29, 0.717) is 34.0 Å². The van der Waals surface area contributed by atoms with Gasteiger partial charge in [0.05, 0.1) is 17.5 Å². The lowest BCUT2D eigenvalue weighted by Crippen LogP contribution is -2.21. The van der Waals surface area contributed by atoms with Crippen LogP contribution in [0.3, 0.4) is 0 Å². The molecule has 0 aliphatic heterocycles. The summed E-state index contributed by atoms with van der Waals surface area (Å²) in [5.74, 6) is -1.26. The average Bonchev–Trinajstić information content (AvgIpc) is 3.21. The van der Waals surface area contributed by atoms with Gasteiger partial charge in [0.2, 0.25) is 0 Å². The standard InChI is InChI=1S/C22H13F9N4O/c1-10-6-11(4-5-32-10)13-9-33-35-17(22(29,30)31)8-15(34-20(13)35)12-2-3-16(36-19(25)18(23)24)14(7-12)21(26,27)28/h2-9,18-19H,1H3. The van der Waals surface area contributed by atoms with Crippen LogP contribution in [0.1, 0.15) is 17.0 Å². The Hall–Kier alpha value is -3.84. The molecule has 3 aromatic heterocycles. The molecule has 1 atom stereocenters. The minimum Gasteiger partial charge on any atom is -0.454 e. The molecule has 0 radical (unpaired) electrons. The summed E-state index contributed by atoms with van der Waals surface area (Å²) >= 11 is 0. The first-order chi connectivity index (χ1) is 16.8. The number of fused-ring (bicyclic) bond motifs is 1. The summed E-state index contributed by atoms with van der Waals surface area (Å²) in [6.07, 6.45) is -14.7. The predicted molar refractivity (Wildman–Crippen MR) is 108 cm³/mol. The Bertz CT molecular complexity index is 1410. The first-order valence-electron chi connectivity index (χ1n) is 9.95. The Morgan fingerprint density at radius 2 is 1.61 bits per heavy atom. The van der Waals surface area contributed by atoms with Crippen LogP contribution in [0, 0.1) is 6.92 Å². The molecule has 4 rings (SSSR count). The number of alkyl halides is 9. The van der Waals surface area contributed by atoms with Crippen LogP contribution >= 0.6 is 0 Å². The highest BCUT2D eigenvalue weighted by atomic mass is 19.4. The van der Waals surface area contributed by atoms with Crippen molar-refractivity contribution in [1.29, 1.82) is 0 Å². The van der Waals surface area contributed by atoms with Crippen molar-refractivity contribution >= 4 is 5.65 Å². The van der Waals surface area contributed by atoms with Crippen LogP contribution in [0.4, 0.5) is 39.5 Å². The van der Waals surface area contributed by atoms with E-state index in [1.807, 2.05) is 0 Å². The number of hydrogen-bond donors (Lipinski definition) is 0. The van der Waals surface area contributed by atoms with E-state index in [1.165, 1.54) is 12.3 Å². The van der Waals surface area contributed by atoms with Gasteiger partial charge < -0.3 is 4.74 Å². The highest BCUT2D eigenvalue weighted by Gasteiger charge is 2.38. The molecule has 0 aliphatic carbocycles. The average molecular weight is 520 g/mol. The second-order valence-corrected chi connectivity index (χ2v) is 7.52. The fourth-order valence-corrected chi connectivity index (χ4v) is 3.42. The van der Waals surface area contributed by atoms with Crippen LogP contribution in [-0.2, 0) is 12.4 Å². The molecule has 1 unspecified atom stereocenters. The van der Waals surface area contributed by atoms with Crippen LogP contribution in [-0.4, -0.2) is 32.4 Å². The smallest absolute Gasteiger partial charge is 0.433 e. The Morgan fingerprint density at radius 3 is 2.22 bits per heavy atom. The summed E-state index contributed by atoms with van der Waals surface area (Å²) in [6.45, 7) is 1.65. The number of rotatable bonds is 5. The lowest BCUT2D eigenvalue weighted by Gasteiger charge is -2.17. The molecule has 0 saturated heterocycles. The Kier molecular flexibility index (Phi) is 6.31. The second kappa shape index (κ2) is 8.99. The molecule has 0 amide bonds. The summed E-state index contributed by atoms with van der Waals surface area (Å²) in [4.78, 5) is 8.11. The molecule has 0 saturated carbocycles. The van der Waals surface area contributed by atoms with E-state index in [4.69, 9.17) is 0 Å². The third-order valence-corrected chi connectivity index (χ3v) is 4.99. The molecule has 0 aliphatic rings. The number of pyridine rings is 1. The van der Waals surface area contributed by atoms with Gasteiger partial charge in [-0.25, -0.2) is 18.3 Å². The summed E-state index contributed by atoms with van der Waals surface area (Å²) in [5, 5.41) is 3.75. The minimum absolute atomic E-state index is 0.154. The maximum atomic E-state index is 13.8. The zero-order valence-corrected chi connectivity index (χ0v) is 17.9. The van der Waals surface area contributed by atoms with Gasteiger partial charge in [0.15, 0.2) is 11.3 Å². The van der Waals surface area contributed by atoms with Gasteiger partial charge >= 0.3 is 18.8 Å². The van der Waals surface area contributed by atoms with Gasteiger partial charge in [-0.05, 0) is 48.9 Å². The number of aromatic nitrogens is 4. The first kappa shape index (κ1) is 25.3. The van der Waals surface area contributed by atoms with E-state index in [9.17, 15) is 39.5 Å². The van der Waals surface area contributed by atoms with Crippen LogP contribution in [0.5, 0.6) is 5.75 Å². The maximum absolute atomic E-state index is 13.8. The Labute approximate surface area is 196 Å². The molecule has 190 valence electrons. The monoisotopic (exact) mass is 520 g/mol. The number of hydrogen-bond acceptors (Lipinski definition) is 4. The zero-order valence-electron chi connectivity index (χ0n) is 17.9. The van der Waals surface area contributed by atoms with Gasteiger partial charge in [-0.15, -0.1) is 0 Å². The largest absolute Gasteiger partial charge is 0.454 e. The van der Waals surface area contributed by atoms with E-state index in [1.54, 1.807) is 13.0 Å². The molecule has 36 heavy (non-hydrogen) atoms. The molecule has 0 spiro atoms. The Morgan fingerprint density at radius 1 is 0.889 bits per heavy atom. The van der Waals surface area contributed by atoms with Crippen LogP contribution in [0.15, 0.2) is 48.8 Å². The molecular formula is C22H13F9N4O. The molecule has 3 heterocycles. The van der Waals surface area contributed by atoms with Crippen molar-refractivity contribution in [2.24, 2.45) is 0 Å². The first-order valence-corrected chi connectivity index (χ1v) is 9.95. The van der Waals surface area contributed by atoms with Crippen LogP contribution < -0.4 is 4.74 Å². The van der Waals surface area contributed by atoms with Gasteiger partial charge in [-0.2, -0.15) is 35.8 Å². The number of aryl methyl sites for hydroxylation is 1. The van der Waals surface area contributed by atoms with E-state index < -0.39 is 53.4 Å². The van der Waals surface area contributed by atoms with Crippen molar-refractivity contribution in [1.82, 2.24) is 19.6 Å². The lowest BCUT2D eigenvalue weighted by molar-refractivity contribution is -0.143. The quantitative estimate of drug-likeness (QED) is 0.274. The zero-order chi connectivity index (χ0) is 26.4. The topological polar surface area (TPSA) is 52.3 Å². The fourth-order valence-electron chi connectivity index (χ4n) is 3.42. The van der Waals surface area contributed by atoms with Crippen molar-refractivity contribution in [3.05, 3.63) is 65.7 Å². The molecule has 1 aromatic carbocycles. The van der Waals surface area contributed by atoms with E-state index in [0.717, 1.165) is 12.3 Å². The summed E-state index contributed by atoms with van der Waals surface area (Å²) in [6, 6.07) is 5.29. The highest BCUT2D eigenvalue weighted by molar-refractivity contribution is 5.79. The normalized spacial score (nSPS) is 13.4.